The van der Waals surface area contributed by atoms with Crippen LogP contribution in [0, 0.1) is 0 Å². The first-order valence-corrected chi connectivity index (χ1v) is 5.98. The van der Waals surface area contributed by atoms with E-state index >= 15 is 0 Å². The molecule has 2 heterocycles. The van der Waals surface area contributed by atoms with E-state index in [4.69, 9.17) is 4.74 Å². The Morgan fingerprint density at radius 3 is 3.00 bits per heavy atom. The lowest BCUT2D eigenvalue weighted by Gasteiger charge is -2.19. The predicted octanol–water partition coefficient (Wildman–Crippen LogP) is 1.81. The van der Waals surface area contributed by atoms with Gasteiger partial charge in [0.05, 0.1) is 18.9 Å². The molecule has 1 saturated heterocycles. The first kappa shape index (κ1) is 11.5. The number of rotatable bonds is 3. The van der Waals surface area contributed by atoms with Crippen LogP contribution in [-0.4, -0.2) is 28.0 Å². The van der Waals surface area contributed by atoms with Gasteiger partial charge < -0.3 is 10.1 Å². The second-order valence-electron chi connectivity index (χ2n) is 5.41. The molecule has 2 rings (SSSR count). The second kappa shape index (κ2) is 4.45. The van der Waals surface area contributed by atoms with E-state index in [1.54, 1.807) is 6.20 Å². The Morgan fingerprint density at radius 2 is 2.38 bits per heavy atom. The van der Waals surface area contributed by atoms with Crippen molar-refractivity contribution in [2.75, 3.05) is 6.54 Å². The molecular formula is C12H21N3O. The van der Waals surface area contributed by atoms with Gasteiger partial charge in [-0.2, -0.15) is 5.10 Å². The Balaban J connectivity index is 1.91. The standard InChI is InChI=1S/C12H21N3O/c1-12(2,3)16-11-7-14-15(9-11)8-10-5-4-6-13-10/h7,9-10,13H,4-6,8H2,1-3H3. The number of aromatic nitrogens is 2. The van der Waals surface area contributed by atoms with E-state index in [0.717, 1.165) is 18.8 Å². The molecule has 0 saturated carbocycles. The van der Waals surface area contributed by atoms with Crippen molar-refractivity contribution in [3.8, 4) is 5.75 Å². The van der Waals surface area contributed by atoms with E-state index in [1.807, 2.05) is 31.6 Å². The summed E-state index contributed by atoms with van der Waals surface area (Å²) in [5.74, 6) is 0.852. The first-order valence-electron chi connectivity index (χ1n) is 5.98. The average Bonchev–Trinajstić information content (AvgIpc) is 2.75. The molecule has 1 fully saturated rings. The Kier molecular flexibility index (Phi) is 3.19. The Bertz CT molecular complexity index is 334. The fourth-order valence-corrected chi connectivity index (χ4v) is 1.99. The van der Waals surface area contributed by atoms with Crippen LogP contribution in [0.1, 0.15) is 33.6 Å². The lowest BCUT2D eigenvalue weighted by Crippen LogP contribution is -2.26. The molecular weight excluding hydrogens is 202 g/mol. The highest BCUT2D eigenvalue weighted by Crippen LogP contribution is 2.17. The number of hydrogen-bond donors (Lipinski definition) is 1. The van der Waals surface area contributed by atoms with Gasteiger partial charge in [-0.05, 0) is 40.2 Å². The summed E-state index contributed by atoms with van der Waals surface area (Å²) in [4.78, 5) is 0. The van der Waals surface area contributed by atoms with Crippen LogP contribution in [0.2, 0.25) is 0 Å². The number of hydrogen-bond acceptors (Lipinski definition) is 3. The topological polar surface area (TPSA) is 39.1 Å². The summed E-state index contributed by atoms with van der Waals surface area (Å²) < 4.78 is 7.71. The molecule has 16 heavy (non-hydrogen) atoms. The first-order chi connectivity index (χ1) is 7.53. The van der Waals surface area contributed by atoms with Gasteiger partial charge in [0.15, 0.2) is 5.75 Å². The summed E-state index contributed by atoms with van der Waals surface area (Å²) in [5, 5.41) is 7.78. The van der Waals surface area contributed by atoms with E-state index in [2.05, 4.69) is 10.4 Å². The monoisotopic (exact) mass is 223 g/mol. The lowest BCUT2D eigenvalue weighted by atomic mass is 10.2. The van der Waals surface area contributed by atoms with Gasteiger partial charge in [-0.25, -0.2) is 0 Å². The fourth-order valence-electron chi connectivity index (χ4n) is 1.99. The van der Waals surface area contributed by atoms with Gasteiger partial charge in [-0.3, -0.25) is 4.68 Å². The third-order valence-electron chi connectivity index (χ3n) is 2.60. The van der Waals surface area contributed by atoms with Gasteiger partial charge in [0, 0.05) is 6.04 Å². The molecule has 1 aromatic rings. The third-order valence-corrected chi connectivity index (χ3v) is 2.60. The minimum atomic E-state index is -0.153. The Labute approximate surface area is 97.0 Å². The van der Waals surface area contributed by atoms with Gasteiger partial charge in [0.1, 0.15) is 5.60 Å². The third kappa shape index (κ3) is 3.23. The highest BCUT2D eigenvalue weighted by molar-refractivity contribution is 5.13. The van der Waals surface area contributed by atoms with Gasteiger partial charge in [-0.1, -0.05) is 0 Å². The molecule has 4 heteroatoms. The molecule has 0 aliphatic carbocycles. The maximum Gasteiger partial charge on any atom is 0.157 e. The average molecular weight is 223 g/mol. The molecule has 0 spiro atoms. The second-order valence-corrected chi connectivity index (χ2v) is 5.41. The number of nitrogens with zero attached hydrogens (tertiary/aromatic N) is 2. The maximum atomic E-state index is 5.74. The summed E-state index contributed by atoms with van der Waals surface area (Å²) in [7, 11) is 0. The van der Waals surface area contributed by atoms with Crippen LogP contribution in [-0.2, 0) is 6.54 Å². The van der Waals surface area contributed by atoms with Gasteiger partial charge in [-0.15, -0.1) is 0 Å². The highest BCUT2D eigenvalue weighted by Gasteiger charge is 2.16. The molecule has 0 aromatic carbocycles. The molecule has 1 aromatic heterocycles. The Hall–Kier alpha value is -1.03. The molecule has 1 atom stereocenters. The smallest absolute Gasteiger partial charge is 0.157 e. The quantitative estimate of drug-likeness (QED) is 0.849. The minimum absolute atomic E-state index is 0.153. The van der Waals surface area contributed by atoms with Crippen molar-refractivity contribution in [3.05, 3.63) is 12.4 Å². The molecule has 0 bridgehead atoms. The summed E-state index contributed by atoms with van der Waals surface area (Å²) >= 11 is 0. The summed E-state index contributed by atoms with van der Waals surface area (Å²) in [6.07, 6.45) is 6.29. The van der Waals surface area contributed by atoms with E-state index in [1.165, 1.54) is 12.8 Å². The van der Waals surface area contributed by atoms with E-state index < -0.39 is 0 Å². The van der Waals surface area contributed by atoms with Crippen molar-refractivity contribution in [1.29, 1.82) is 0 Å². The zero-order chi connectivity index (χ0) is 11.6. The normalized spacial score (nSPS) is 21.3. The molecule has 1 unspecified atom stereocenters. The molecule has 90 valence electrons. The van der Waals surface area contributed by atoms with Crippen molar-refractivity contribution in [2.24, 2.45) is 0 Å². The molecule has 4 nitrogen and oxygen atoms in total. The minimum Gasteiger partial charge on any atom is -0.485 e. The number of ether oxygens (including phenoxy) is 1. The summed E-state index contributed by atoms with van der Waals surface area (Å²) in [6, 6.07) is 0.572. The lowest BCUT2D eigenvalue weighted by molar-refractivity contribution is 0.130. The maximum absolute atomic E-state index is 5.74. The SMILES string of the molecule is CC(C)(C)Oc1cnn(CC2CCCN2)c1. The van der Waals surface area contributed by atoms with Crippen LogP contribution < -0.4 is 10.1 Å². The van der Waals surface area contributed by atoms with Crippen molar-refractivity contribution < 1.29 is 4.74 Å². The van der Waals surface area contributed by atoms with Gasteiger partial charge in [0.25, 0.3) is 0 Å². The summed E-state index contributed by atoms with van der Waals surface area (Å²) in [6.45, 7) is 8.21. The molecule has 0 amide bonds. The zero-order valence-electron chi connectivity index (χ0n) is 10.4. The van der Waals surface area contributed by atoms with Crippen LogP contribution in [0.5, 0.6) is 5.75 Å². The van der Waals surface area contributed by atoms with Crippen molar-refractivity contribution in [1.82, 2.24) is 15.1 Å². The summed E-state index contributed by atoms with van der Waals surface area (Å²) in [5.41, 5.74) is -0.153. The van der Waals surface area contributed by atoms with E-state index in [9.17, 15) is 0 Å². The molecule has 1 N–H and O–H groups in total. The fraction of sp³-hybridized carbons (Fsp3) is 0.750. The van der Waals surface area contributed by atoms with Gasteiger partial charge >= 0.3 is 0 Å². The largest absolute Gasteiger partial charge is 0.485 e. The van der Waals surface area contributed by atoms with E-state index in [0.29, 0.717) is 6.04 Å². The molecule has 0 radical (unpaired) electrons. The van der Waals surface area contributed by atoms with Gasteiger partial charge in [0.2, 0.25) is 0 Å². The Morgan fingerprint density at radius 1 is 1.56 bits per heavy atom. The van der Waals surface area contributed by atoms with Crippen LogP contribution in [0.15, 0.2) is 12.4 Å². The van der Waals surface area contributed by atoms with Crippen molar-refractivity contribution in [3.63, 3.8) is 0 Å². The highest BCUT2D eigenvalue weighted by atomic mass is 16.5. The van der Waals surface area contributed by atoms with E-state index in [-0.39, 0.29) is 5.60 Å². The van der Waals surface area contributed by atoms with Crippen molar-refractivity contribution >= 4 is 0 Å². The van der Waals surface area contributed by atoms with Crippen LogP contribution in [0.4, 0.5) is 0 Å². The number of nitrogens with one attached hydrogen (secondary N) is 1. The molecule has 1 aliphatic rings. The zero-order valence-corrected chi connectivity index (χ0v) is 10.4. The predicted molar refractivity (Wildman–Crippen MR) is 63.6 cm³/mol. The van der Waals surface area contributed by atoms with Crippen molar-refractivity contribution in [2.45, 2.75) is 51.8 Å². The van der Waals surface area contributed by atoms with Crippen LogP contribution >= 0.6 is 0 Å². The van der Waals surface area contributed by atoms with Crippen LogP contribution in [0.25, 0.3) is 0 Å². The molecule has 1 aliphatic heterocycles. The van der Waals surface area contributed by atoms with Crippen LogP contribution in [0.3, 0.4) is 0 Å².